The molecule has 0 fully saturated rings. The summed E-state index contributed by atoms with van der Waals surface area (Å²) in [5, 5.41) is 1.38. The number of carbonyl (C=O) groups is 1. The number of sulfonamides is 1. The minimum absolute atomic E-state index is 0.217. The van der Waals surface area contributed by atoms with Crippen molar-refractivity contribution >= 4 is 49.8 Å². The van der Waals surface area contributed by atoms with Gasteiger partial charge >= 0.3 is 0 Å². The molecule has 0 saturated carbocycles. The van der Waals surface area contributed by atoms with E-state index in [1.807, 2.05) is 80.6 Å². The molecule has 0 unspecified atom stereocenters. The summed E-state index contributed by atoms with van der Waals surface area (Å²) < 4.78 is 40.4. The van der Waals surface area contributed by atoms with Gasteiger partial charge in [-0.2, -0.15) is 0 Å². The molecule has 0 aliphatic heterocycles. The Bertz CT molecular complexity index is 1800. The second-order valence-corrected chi connectivity index (χ2v) is 13.6. The summed E-state index contributed by atoms with van der Waals surface area (Å²) in [6, 6.07) is 25.8. The first kappa shape index (κ1) is 30.8. The molecule has 2 heterocycles. The molecule has 1 N–H and O–H groups in total. The minimum Gasteiger partial charge on any atom is -0.493 e. The van der Waals surface area contributed by atoms with Crippen molar-refractivity contribution in [3.05, 3.63) is 107 Å². The smallest absolute Gasteiger partial charge is 0.290 e. The van der Waals surface area contributed by atoms with Gasteiger partial charge in [-0.1, -0.05) is 67.9 Å². The van der Waals surface area contributed by atoms with Crippen LogP contribution in [0.25, 0.3) is 21.4 Å². The molecule has 0 aliphatic carbocycles. The fourth-order valence-electron chi connectivity index (χ4n) is 4.69. The predicted molar refractivity (Wildman–Crippen MR) is 172 cm³/mol. The molecule has 0 bridgehead atoms. The molecular formula is C33H33ClN2O5S2. The van der Waals surface area contributed by atoms with Crippen molar-refractivity contribution in [2.75, 3.05) is 13.2 Å². The van der Waals surface area contributed by atoms with Crippen LogP contribution in [0.15, 0.2) is 93.6 Å². The number of ether oxygens (including phenoxy) is 1. The molecule has 43 heavy (non-hydrogen) atoms. The summed E-state index contributed by atoms with van der Waals surface area (Å²) >= 11 is 7.59. The molecule has 0 aliphatic rings. The number of furan rings is 1. The Labute approximate surface area is 261 Å². The Hall–Kier alpha value is -3.63. The average molecular weight is 637 g/mol. The van der Waals surface area contributed by atoms with Crippen LogP contribution < -0.4 is 9.46 Å². The van der Waals surface area contributed by atoms with E-state index in [0.717, 1.165) is 33.4 Å². The van der Waals surface area contributed by atoms with Crippen LogP contribution >= 0.6 is 22.9 Å². The largest absolute Gasteiger partial charge is 0.493 e. The maximum absolute atomic E-state index is 14.1. The maximum Gasteiger partial charge on any atom is 0.290 e. The summed E-state index contributed by atoms with van der Waals surface area (Å²) in [6.07, 6.45) is 1.54. The zero-order chi connectivity index (χ0) is 30.4. The number of carbonyl (C=O) groups excluding carboxylic acids is 1. The highest BCUT2D eigenvalue weighted by molar-refractivity contribution is 7.91. The third kappa shape index (κ3) is 7.30. The number of hydrogen-bond donors (Lipinski definition) is 1. The number of benzene rings is 3. The predicted octanol–water partition coefficient (Wildman–Crippen LogP) is 8.13. The van der Waals surface area contributed by atoms with Crippen LogP contribution in [0.4, 0.5) is 0 Å². The highest BCUT2D eigenvalue weighted by Gasteiger charge is 2.24. The van der Waals surface area contributed by atoms with Crippen molar-refractivity contribution in [3.63, 3.8) is 0 Å². The summed E-state index contributed by atoms with van der Waals surface area (Å²) in [5.41, 5.74) is 3.11. The second-order valence-electron chi connectivity index (χ2n) is 10.1. The minimum atomic E-state index is -3.60. The fraction of sp³-hybridized carbons (Fsp3) is 0.242. The van der Waals surface area contributed by atoms with Gasteiger partial charge in [0.25, 0.3) is 5.91 Å². The van der Waals surface area contributed by atoms with Crippen LogP contribution in [0.2, 0.25) is 5.02 Å². The van der Waals surface area contributed by atoms with Gasteiger partial charge in [-0.25, -0.2) is 13.1 Å². The van der Waals surface area contributed by atoms with Crippen LogP contribution in [0.5, 0.6) is 5.75 Å². The zero-order valence-electron chi connectivity index (χ0n) is 24.0. The van der Waals surface area contributed by atoms with Gasteiger partial charge in [0, 0.05) is 33.9 Å². The standard InChI is InChI=1S/C33H33ClN2O5S2/c1-3-17-35-43(38,39)32-16-15-31(42-32)27-11-7-5-10-24(27)21-36(22-25-19-26(34)13-14-28(25)40-18-4-2)33(37)30-20-23-9-6-8-12-29(23)41-30/h5-16,19-20,35H,3-4,17-18,21-22H2,1-2H3. The zero-order valence-corrected chi connectivity index (χ0v) is 26.4. The topological polar surface area (TPSA) is 88.9 Å². The molecule has 5 rings (SSSR count). The lowest BCUT2D eigenvalue weighted by Gasteiger charge is -2.24. The van der Waals surface area contributed by atoms with E-state index in [-0.39, 0.29) is 29.0 Å². The van der Waals surface area contributed by atoms with Crippen molar-refractivity contribution < 1.29 is 22.4 Å². The summed E-state index contributed by atoms with van der Waals surface area (Å²) in [5.74, 6) is 0.600. The third-order valence-electron chi connectivity index (χ3n) is 6.80. The van der Waals surface area contributed by atoms with Gasteiger partial charge in [0.1, 0.15) is 15.5 Å². The van der Waals surface area contributed by atoms with Crippen molar-refractivity contribution in [2.45, 2.75) is 44.0 Å². The molecule has 1 amide bonds. The number of rotatable bonds is 13. The van der Waals surface area contributed by atoms with Crippen LogP contribution in [0.3, 0.4) is 0 Å². The SMILES string of the molecule is CCCNS(=O)(=O)c1ccc(-c2ccccc2CN(Cc2cc(Cl)ccc2OCCC)C(=O)c2cc3ccccc3o2)s1. The summed E-state index contributed by atoms with van der Waals surface area (Å²) in [6.45, 7) is 5.31. The number of thiophene rings is 1. The Balaban J connectivity index is 1.52. The van der Waals surface area contributed by atoms with Crippen molar-refractivity contribution in [1.82, 2.24) is 9.62 Å². The molecule has 224 valence electrons. The van der Waals surface area contributed by atoms with E-state index < -0.39 is 10.0 Å². The number of hydrogen-bond acceptors (Lipinski definition) is 6. The highest BCUT2D eigenvalue weighted by Crippen LogP contribution is 2.34. The molecule has 3 aromatic carbocycles. The van der Waals surface area contributed by atoms with E-state index in [1.165, 1.54) is 11.3 Å². The number of halogens is 1. The van der Waals surface area contributed by atoms with E-state index in [0.29, 0.717) is 35.9 Å². The van der Waals surface area contributed by atoms with Crippen LogP contribution in [0, 0.1) is 0 Å². The van der Waals surface area contributed by atoms with Crippen LogP contribution in [-0.2, 0) is 23.1 Å². The van der Waals surface area contributed by atoms with E-state index in [1.54, 1.807) is 23.1 Å². The average Bonchev–Trinajstić information content (AvgIpc) is 3.68. The molecule has 7 nitrogen and oxygen atoms in total. The molecule has 0 radical (unpaired) electrons. The number of para-hydroxylation sites is 1. The Morgan fingerprint density at radius 1 is 0.930 bits per heavy atom. The van der Waals surface area contributed by atoms with Crippen molar-refractivity contribution in [2.24, 2.45) is 0 Å². The quantitative estimate of drug-likeness (QED) is 0.141. The number of nitrogens with one attached hydrogen (secondary N) is 1. The van der Waals surface area contributed by atoms with Gasteiger partial charge in [-0.05, 0) is 66.4 Å². The molecule has 0 saturated heterocycles. The summed E-state index contributed by atoms with van der Waals surface area (Å²) in [7, 11) is -3.60. The van der Waals surface area contributed by atoms with E-state index >= 15 is 0 Å². The Morgan fingerprint density at radius 3 is 2.49 bits per heavy atom. The molecular weight excluding hydrogens is 604 g/mol. The van der Waals surface area contributed by atoms with E-state index in [9.17, 15) is 13.2 Å². The molecule has 0 atom stereocenters. The first-order valence-corrected chi connectivity index (χ1v) is 16.8. The lowest BCUT2D eigenvalue weighted by Crippen LogP contribution is -2.30. The molecule has 2 aromatic heterocycles. The normalized spacial score (nSPS) is 11.6. The number of amides is 1. The van der Waals surface area contributed by atoms with E-state index in [2.05, 4.69) is 4.72 Å². The van der Waals surface area contributed by atoms with Gasteiger partial charge in [0.05, 0.1) is 13.2 Å². The lowest BCUT2D eigenvalue weighted by atomic mass is 10.0. The molecule has 5 aromatic rings. The molecule has 0 spiro atoms. The Morgan fingerprint density at radius 2 is 1.70 bits per heavy atom. The first-order chi connectivity index (χ1) is 20.8. The van der Waals surface area contributed by atoms with E-state index in [4.69, 9.17) is 20.8 Å². The fourth-order valence-corrected chi connectivity index (χ4v) is 7.43. The lowest BCUT2D eigenvalue weighted by molar-refractivity contribution is 0.0698. The van der Waals surface area contributed by atoms with Crippen LogP contribution in [-0.4, -0.2) is 32.4 Å². The van der Waals surface area contributed by atoms with Crippen molar-refractivity contribution in [1.29, 1.82) is 0 Å². The first-order valence-electron chi connectivity index (χ1n) is 14.2. The van der Waals surface area contributed by atoms with Crippen molar-refractivity contribution in [3.8, 4) is 16.2 Å². The van der Waals surface area contributed by atoms with Crippen LogP contribution in [0.1, 0.15) is 48.4 Å². The van der Waals surface area contributed by atoms with Gasteiger partial charge in [0.2, 0.25) is 10.0 Å². The monoisotopic (exact) mass is 636 g/mol. The number of fused-ring (bicyclic) bond motifs is 1. The second kappa shape index (κ2) is 13.8. The van der Waals surface area contributed by atoms with Gasteiger partial charge in [-0.15, -0.1) is 11.3 Å². The van der Waals surface area contributed by atoms with Gasteiger partial charge in [-0.3, -0.25) is 4.79 Å². The van der Waals surface area contributed by atoms with Gasteiger partial charge < -0.3 is 14.1 Å². The highest BCUT2D eigenvalue weighted by atomic mass is 35.5. The third-order valence-corrected chi connectivity index (χ3v) is 10.1. The number of nitrogens with zero attached hydrogens (tertiary/aromatic N) is 1. The molecule has 10 heteroatoms. The van der Waals surface area contributed by atoms with Gasteiger partial charge in [0.15, 0.2) is 5.76 Å². The Kier molecular flexibility index (Phi) is 9.87. The maximum atomic E-state index is 14.1. The summed E-state index contributed by atoms with van der Waals surface area (Å²) in [4.78, 5) is 16.6.